The molecule has 0 atom stereocenters. The highest BCUT2D eigenvalue weighted by molar-refractivity contribution is 6.08. The van der Waals surface area contributed by atoms with E-state index in [2.05, 4.69) is 15.6 Å². The van der Waals surface area contributed by atoms with Gasteiger partial charge in [0, 0.05) is 23.6 Å². The lowest BCUT2D eigenvalue weighted by molar-refractivity contribution is 0.101. The second-order valence-corrected chi connectivity index (χ2v) is 5.43. The van der Waals surface area contributed by atoms with Gasteiger partial charge in [-0.3, -0.25) is 14.6 Å². The number of carbonyl (C=O) groups excluding carboxylic acids is 2. The average molecular weight is 347 g/mol. The van der Waals surface area contributed by atoms with E-state index in [0.29, 0.717) is 28.3 Å². The third kappa shape index (κ3) is 4.05. The number of hydrogen-bond donors (Lipinski definition) is 2. The molecule has 6 heteroatoms. The Balaban J connectivity index is 1.82. The van der Waals surface area contributed by atoms with Crippen LogP contribution >= 0.6 is 0 Å². The first-order valence-corrected chi connectivity index (χ1v) is 7.93. The SMILES string of the molecule is COc1ccc(C(=O)Nc2ccccc2)cc1NC(=O)c1cccnc1. The number of nitrogens with zero attached hydrogens (tertiary/aromatic N) is 1. The average Bonchev–Trinajstić information content (AvgIpc) is 2.69. The van der Waals surface area contributed by atoms with E-state index in [1.54, 1.807) is 48.7 Å². The standard InChI is InChI=1S/C20H17N3O3/c1-26-18-10-9-14(19(24)22-16-7-3-2-4-8-16)12-17(18)23-20(25)15-6-5-11-21-13-15/h2-13H,1H3,(H,22,24)(H,23,25). The molecule has 26 heavy (non-hydrogen) atoms. The van der Waals surface area contributed by atoms with E-state index in [0.717, 1.165) is 0 Å². The number of ether oxygens (including phenoxy) is 1. The molecule has 0 aliphatic rings. The van der Waals surface area contributed by atoms with Crippen LogP contribution in [-0.4, -0.2) is 23.9 Å². The van der Waals surface area contributed by atoms with Crippen molar-refractivity contribution in [2.75, 3.05) is 17.7 Å². The Kier molecular flexibility index (Phi) is 5.24. The normalized spacial score (nSPS) is 10.0. The summed E-state index contributed by atoms with van der Waals surface area (Å²) in [5, 5.41) is 5.56. The van der Waals surface area contributed by atoms with Gasteiger partial charge in [-0.05, 0) is 42.5 Å². The zero-order valence-corrected chi connectivity index (χ0v) is 14.1. The van der Waals surface area contributed by atoms with E-state index >= 15 is 0 Å². The van der Waals surface area contributed by atoms with Gasteiger partial charge in [0.1, 0.15) is 5.75 Å². The Morgan fingerprint density at radius 3 is 2.35 bits per heavy atom. The van der Waals surface area contributed by atoms with Gasteiger partial charge in [0.15, 0.2) is 0 Å². The van der Waals surface area contributed by atoms with Crippen LogP contribution in [0.25, 0.3) is 0 Å². The maximum Gasteiger partial charge on any atom is 0.257 e. The lowest BCUT2D eigenvalue weighted by Gasteiger charge is -2.12. The number of nitrogens with one attached hydrogen (secondary N) is 2. The Morgan fingerprint density at radius 1 is 0.885 bits per heavy atom. The first-order valence-electron chi connectivity index (χ1n) is 7.93. The van der Waals surface area contributed by atoms with Crippen molar-refractivity contribution in [1.29, 1.82) is 0 Å². The third-order valence-electron chi connectivity index (χ3n) is 3.67. The Bertz CT molecular complexity index is 912. The number of carbonyl (C=O) groups is 2. The topological polar surface area (TPSA) is 80.3 Å². The Hall–Kier alpha value is -3.67. The van der Waals surface area contributed by atoms with Crippen molar-refractivity contribution < 1.29 is 14.3 Å². The van der Waals surface area contributed by atoms with Crippen LogP contribution in [-0.2, 0) is 0 Å². The van der Waals surface area contributed by atoms with Gasteiger partial charge in [-0.1, -0.05) is 18.2 Å². The summed E-state index contributed by atoms with van der Waals surface area (Å²) in [4.78, 5) is 28.7. The molecule has 0 aliphatic heterocycles. The number of benzene rings is 2. The number of hydrogen-bond acceptors (Lipinski definition) is 4. The molecule has 1 heterocycles. The fraction of sp³-hybridized carbons (Fsp3) is 0.0500. The summed E-state index contributed by atoms with van der Waals surface area (Å²) in [5.41, 5.74) is 1.90. The molecule has 0 aliphatic carbocycles. The van der Waals surface area contributed by atoms with Crippen LogP contribution in [0.15, 0.2) is 73.1 Å². The first-order chi connectivity index (χ1) is 12.7. The van der Waals surface area contributed by atoms with E-state index in [1.807, 2.05) is 18.2 Å². The minimum atomic E-state index is -0.336. The number of aromatic nitrogens is 1. The molecule has 0 fully saturated rings. The second kappa shape index (κ2) is 7.94. The molecule has 0 unspecified atom stereocenters. The predicted octanol–water partition coefficient (Wildman–Crippen LogP) is 3.59. The zero-order valence-electron chi connectivity index (χ0n) is 14.1. The predicted molar refractivity (Wildman–Crippen MR) is 99.6 cm³/mol. The first kappa shape index (κ1) is 17.2. The maximum absolute atomic E-state index is 12.4. The van der Waals surface area contributed by atoms with E-state index in [4.69, 9.17) is 4.74 Å². The number of rotatable bonds is 5. The summed E-state index contributed by atoms with van der Waals surface area (Å²) in [7, 11) is 1.50. The molecular formula is C20H17N3O3. The number of anilines is 2. The van der Waals surface area contributed by atoms with Crippen LogP contribution in [0.4, 0.5) is 11.4 Å². The molecular weight excluding hydrogens is 330 g/mol. The summed E-state index contributed by atoms with van der Waals surface area (Å²) >= 11 is 0. The van der Waals surface area contributed by atoms with E-state index in [-0.39, 0.29) is 11.8 Å². The van der Waals surface area contributed by atoms with Gasteiger partial charge < -0.3 is 15.4 Å². The summed E-state index contributed by atoms with van der Waals surface area (Å²) in [6.45, 7) is 0. The molecule has 0 saturated carbocycles. The molecule has 2 amide bonds. The largest absolute Gasteiger partial charge is 0.495 e. The van der Waals surface area contributed by atoms with Crippen molar-refractivity contribution in [1.82, 2.24) is 4.98 Å². The van der Waals surface area contributed by atoms with Gasteiger partial charge in [-0.25, -0.2) is 0 Å². The van der Waals surface area contributed by atoms with Crippen molar-refractivity contribution in [2.45, 2.75) is 0 Å². The quantitative estimate of drug-likeness (QED) is 0.739. The number of pyridine rings is 1. The number of methoxy groups -OCH3 is 1. The smallest absolute Gasteiger partial charge is 0.257 e. The second-order valence-electron chi connectivity index (χ2n) is 5.43. The van der Waals surface area contributed by atoms with E-state index in [1.165, 1.54) is 13.3 Å². The fourth-order valence-electron chi connectivity index (χ4n) is 2.36. The van der Waals surface area contributed by atoms with Crippen LogP contribution in [0.1, 0.15) is 20.7 Å². The van der Waals surface area contributed by atoms with Crippen LogP contribution < -0.4 is 15.4 Å². The molecule has 6 nitrogen and oxygen atoms in total. The zero-order chi connectivity index (χ0) is 18.4. The van der Waals surface area contributed by atoms with Crippen molar-refractivity contribution in [3.05, 3.63) is 84.2 Å². The summed E-state index contributed by atoms with van der Waals surface area (Å²) in [5.74, 6) is -0.161. The molecule has 1 aromatic heterocycles. The molecule has 0 radical (unpaired) electrons. The van der Waals surface area contributed by atoms with Crippen LogP contribution in [0, 0.1) is 0 Å². The van der Waals surface area contributed by atoms with Gasteiger partial charge >= 0.3 is 0 Å². The molecule has 0 bridgehead atoms. The minimum Gasteiger partial charge on any atom is -0.495 e. The minimum absolute atomic E-state index is 0.282. The molecule has 2 N–H and O–H groups in total. The van der Waals surface area contributed by atoms with Crippen molar-refractivity contribution in [3.63, 3.8) is 0 Å². The molecule has 3 rings (SSSR count). The molecule has 130 valence electrons. The van der Waals surface area contributed by atoms with Gasteiger partial charge in [-0.2, -0.15) is 0 Å². The monoisotopic (exact) mass is 347 g/mol. The van der Waals surface area contributed by atoms with Crippen LogP contribution in [0.2, 0.25) is 0 Å². The highest BCUT2D eigenvalue weighted by Gasteiger charge is 2.14. The van der Waals surface area contributed by atoms with Gasteiger partial charge in [-0.15, -0.1) is 0 Å². The third-order valence-corrected chi connectivity index (χ3v) is 3.67. The molecule has 3 aromatic rings. The van der Waals surface area contributed by atoms with Crippen molar-refractivity contribution in [3.8, 4) is 5.75 Å². The Morgan fingerprint density at radius 2 is 1.65 bits per heavy atom. The summed E-state index contributed by atoms with van der Waals surface area (Å²) < 4.78 is 5.27. The highest BCUT2D eigenvalue weighted by atomic mass is 16.5. The molecule has 2 aromatic carbocycles. The van der Waals surface area contributed by atoms with Gasteiger partial charge in [0.2, 0.25) is 0 Å². The maximum atomic E-state index is 12.4. The van der Waals surface area contributed by atoms with Crippen molar-refractivity contribution in [2.24, 2.45) is 0 Å². The van der Waals surface area contributed by atoms with Gasteiger partial charge in [0.25, 0.3) is 11.8 Å². The number of para-hydroxylation sites is 1. The van der Waals surface area contributed by atoms with Crippen LogP contribution in [0.3, 0.4) is 0 Å². The molecule has 0 saturated heterocycles. The van der Waals surface area contributed by atoms with Gasteiger partial charge in [0.05, 0.1) is 18.4 Å². The molecule has 0 spiro atoms. The fourth-order valence-corrected chi connectivity index (χ4v) is 2.36. The highest BCUT2D eigenvalue weighted by Crippen LogP contribution is 2.26. The summed E-state index contributed by atoms with van der Waals surface area (Å²) in [6, 6.07) is 17.3. The lowest BCUT2D eigenvalue weighted by atomic mass is 10.1. The number of amides is 2. The van der Waals surface area contributed by atoms with E-state index in [9.17, 15) is 9.59 Å². The summed E-state index contributed by atoms with van der Waals surface area (Å²) in [6.07, 6.45) is 3.06. The Labute approximate surface area is 150 Å². The van der Waals surface area contributed by atoms with Crippen molar-refractivity contribution >= 4 is 23.2 Å². The van der Waals surface area contributed by atoms with E-state index < -0.39 is 0 Å². The lowest BCUT2D eigenvalue weighted by Crippen LogP contribution is -2.15. The van der Waals surface area contributed by atoms with Crippen LogP contribution in [0.5, 0.6) is 5.75 Å².